The molecule has 248 valence electrons. The van der Waals surface area contributed by atoms with Crippen LogP contribution >= 0.6 is 0 Å². The molecule has 2 heterocycles. The Morgan fingerprint density at radius 2 is 1.73 bits per heavy atom. The summed E-state index contributed by atoms with van der Waals surface area (Å²) in [5.74, 6) is 0.114. The van der Waals surface area contributed by atoms with Gasteiger partial charge in [0, 0.05) is 48.1 Å². The molecule has 0 spiro atoms. The van der Waals surface area contributed by atoms with Gasteiger partial charge in [-0.25, -0.2) is 0 Å². The third-order valence-corrected chi connectivity index (χ3v) is 9.05. The number of amides is 4. The Kier molecular flexibility index (Phi) is 8.56. The molecule has 2 aliphatic heterocycles. The third-order valence-electron chi connectivity index (χ3n) is 9.05. The van der Waals surface area contributed by atoms with Gasteiger partial charge < -0.3 is 29.9 Å². The van der Waals surface area contributed by atoms with Crippen LogP contribution in [0.15, 0.2) is 78.9 Å². The molecule has 4 amide bonds. The largest absolute Gasteiger partial charge is 0.496 e. The zero-order chi connectivity index (χ0) is 34.1. The number of rotatable bonds is 9. The van der Waals surface area contributed by atoms with E-state index in [2.05, 4.69) is 10.6 Å². The normalized spacial score (nSPS) is 14.8. The Hall–Kier alpha value is -5.97. The van der Waals surface area contributed by atoms with Crippen LogP contribution in [0.4, 0.5) is 11.4 Å². The highest BCUT2D eigenvalue weighted by atomic mass is 16.5. The van der Waals surface area contributed by atoms with Gasteiger partial charge in [-0.3, -0.25) is 24.0 Å². The predicted octanol–water partition coefficient (Wildman–Crippen LogP) is 5.09. The van der Waals surface area contributed by atoms with E-state index in [1.54, 1.807) is 53.4 Å². The minimum atomic E-state index is -0.247. The summed E-state index contributed by atoms with van der Waals surface area (Å²) in [4.78, 5) is 66.3. The van der Waals surface area contributed by atoms with Crippen molar-refractivity contribution in [2.75, 3.05) is 30.9 Å². The van der Waals surface area contributed by atoms with Gasteiger partial charge >= 0.3 is 0 Å². The number of carbonyl (C=O) groups excluding carboxylic acids is 5. The average molecular weight is 659 g/mol. The molecular weight excluding hydrogens is 624 g/mol. The highest BCUT2D eigenvalue weighted by Gasteiger charge is 2.34. The van der Waals surface area contributed by atoms with Gasteiger partial charge in [0.2, 0.25) is 0 Å². The summed E-state index contributed by atoms with van der Waals surface area (Å²) in [6.45, 7) is 1.27. The van der Waals surface area contributed by atoms with Crippen LogP contribution in [0, 0.1) is 0 Å². The first-order chi connectivity index (χ1) is 23.8. The van der Waals surface area contributed by atoms with Crippen LogP contribution < -0.4 is 20.1 Å². The third kappa shape index (κ3) is 6.73. The quantitative estimate of drug-likeness (QED) is 0.239. The molecule has 4 aromatic rings. The maximum Gasteiger partial charge on any atom is 0.262 e. The van der Waals surface area contributed by atoms with E-state index in [4.69, 9.17) is 9.47 Å². The first-order valence-electron chi connectivity index (χ1n) is 16.1. The van der Waals surface area contributed by atoms with Crippen molar-refractivity contribution >= 4 is 41.3 Å². The van der Waals surface area contributed by atoms with Crippen LogP contribution in [0.25, 0.3) is 0 Å². The number of anilines is 2. The average Bonchev–Trinajstić information content (AvgIpc) is 3.98. The highest BCUT2D eigenvalue weighted by molar-refractivity contribution is 6.04. The number of hydrogen-bond donors (Lipinski definition) is 2. The molecule has 11 nitrogen and oxygen atoms in total. The SMILES string of the molecule is COc1cc(C(=O)N2CCc3cc(NC(=O)c4ccc(CN(C(=O)c5ccc6c(c5)OCC(=O)N6)C5CC5)cc4)ccc3C2)ccc1C=O. The Bertz CT molecular complexity index is 1990. The second-order valence-electron chi connectivity index (χ2n) is 12.4. The van der Waals surface area contributed by atoms with E-state index in [1.807, 2.05) is 35.2 Å². The van der Waals surface area contributed by atoms with Crippen molar-refractivity contribution in [1.29, 1.82) is 0 Å². The molecule has 0 bridgehead atoms. The summed E-state index contributed by atoms with van der Waals surface area (Å²) in [6, 6.07) is 23.0. The fourth-order valence-corrected chi connectivity index (χ4v) is 6.22. The molecule has 3 aliphatic rings. The molecule has 49 heavy (non-hydrogen) atoms. The van der Waals surface area contributed by atoms with Crippen LogP contribution in [-0.4, -0.2) is 66.0 Å². The van der Waals surface area contributed by atoms with Crippen molar-refractivity contribution in [3.05, 3.63) is 118 Å². The highest BCUT2D eigenvalue weighted by Crippen LogP contribution is 2.33. The topological polar surface area (TPSA) is 134 Å². The molecule has 11 heteroatoms. The number of carbonyl (C=O) groups is 5. The minimum Gasteiger partial charge on any atom is -0.496 e. The Morgan fingerprint density at radius 3 is 2.49 bits per heavy atom. The molecule has 0 aromatic heterocycles. The maximum absolute atomic E-state index is 13.5. The van der Waals surface area contributed by atoms with Gasteiger partial charge in [-0.05, 0) is 96.6 Å². The zero-order valence-corrected chi connectivity index (χ0v) is 26.9. The van der Waals surface area contributed by atoms with E-state index in [-0.39, 0.29) is 36.3 Å². The monoisotopic (exact) mass is 658 g/mol. The van der Waals surface area contributed by atoms with Gasteiger partial charge in [0.25, 0.3) is 23.6 Å². The molecule has 1 aliphatic carbocycles. The molecule has 0 saturated heterocycles. The van der Waals surface area contributed by atoms with Gasteiger partial charge in [0.1, 0.15) is 11.5 Å². The predicted molar refractivity (Wildman–Crippen MR) is 181 cm³/mol. The number of fused-ring (bicyclic) bond motifs is 2. The van der Waals surface area contributed by atoms with Crippen molar-refractivity contribution < 1.29 is 33.4 Å². The molecule has 4 aromatic carbocycles. The first kappa shape index (κ1) is 31.6. The van der Waals surface area contributed by atoms with Crippen molar-refractivity contribution in [3.63, 3.8) is 0 Å². The number of methoxy groups -OCH3 is 1. The summed E-state index contributed by atoms with van der Waals surface area (Å²) in [5, 5.41) is 5.73. The summed E-state index contributed by atoms with van der Waals surface area (Å²) in [7, 11) is 1.46. The number of nitrogens with one attached hydrogen (secondary N) is 2. The molecule has 0 unspecified atom stereocenters. The van der Waals surface area contributed by atoms with Crippen LogP contribution in [-0.2, 0) is 24.3 Å². The summed E-state index contributed by atoms with van der Waals surface area (Å²) < 4.78 is 10.8. The molecular formula is C38H34N4O7. The first-order valence-corrected chi connectivity index (χ1v) is 16.1. The maximum atomic E-state index is 13.5. The van der Waals surface area contributed by atoms with Crippen LogP contribution in [0.2, 0.25) is 0 Å². The van der Waals surface area contributed by atoms with E-state index >= 15 is 0 Å². The Labute approximate surface area is 282 Å². The van der Waals surface area contributed by atoms with Gasteiger partial charge in [0.15, 0.2) is 12.9 Å². The van der Waals surface area contributed by atoms with Gasteiger partial charge in [-0.2, -0.15) is 0 Å². The number of aldehydes is 1. The number of nitrogens with zero attached hydrogens (tertiary/aromatic N) is 2. The fourth-order valence-electron chi connectivity index (χ4n) is 6.22. The second-order valence-corrected chi connectivity index (χ2v) is 12.4. The smallest absolute Gasteiger partial charge is 0.262 e. The Morgan fingerprint density at radius 1 is 0.959 bits per heavy atom. The Balaban J connectivity index is 0.971. The van der Waals surface area contributed by atoms with Gasteiger partial charge in [-0.15, -0.1) is 0 Å². The molecule has 1 saturated carbocycles. The van der Waals surface area contributed by atoms with E-state index in [0.29, 0.717) is 77.5 Å². The molecule has 7 rings (SSSR count). The second kappa shape index (κ2) is 13.3. The molecule has 0 atom stereocenters. The van der Waals surface area contributed by atoms with Crippen molar-refractivity contribution in [2.45, 2.75) is 38.4 Å². The lowest BCUT2D eigenvalue weighted by molar-refractivity contribution is -0.118. The summed E-state index contributed by atoms with van der Waals surface area (Å²) >= 11 is 0. The van der Waals surface area contributed by atoms with Gasteiger partial charge in [0.05, 0.1) is 18.4 Å². The van der Waals surface area contributed by atoms with Crippen LogP contribution in [0.1, 0.15) is 71.0 Å². The van der Waals surface area contributed by atoms with Crippen molar-refractivity contribution in [2.24, 2.45) is 0 Å². The lowest BCUT2D eigenvalue weighted by atomic mass is 9.98. The summed E-state index contributed by atoms with van der Waals surface area (Å²) in [5.41, 5.74) is 6.02. The van der Waals surface area contributed by atoms with E-state index in [9.17, 15) is 24.0 Å². The van der Waals surface area contributed by atoms with Gasteiger partial charge in [-0.1, -0.05) is 18.2 Å². The number of benzene rings is 4. The van der Waals surface area contributed by atoms with Crippen LogP contribution in [0.3, 0.4) is 0 Å². The minimum absolute atomic E-state index is 0.0811. The fraction of sp³-hybridized carbons (Fsp3) is 0.237. The lowest BCUT2D eigenvalue weighted by Gasteiger charge is -2.29. The number of ether oxygens (including phenoxy) is 2. The van der Waals surface area contributed by atoms with Crippen molar-refractivity contribution in [3.8, 4) is 11.5 Å². The number of hydrogen-bond acceptors (Lipinski definition) is 7. The van der Waals surface area contributed by atoms with Crippen molar-refractivity contribution in [1.82, 2.24) is 9.80 Å². The summed E-state index contributed by atoms with van der Waals surface area (Å²) in [6.07, 6.45) is 3.20. The zero-order valence-electron chi connectivity index (χ0n) is 26.9. The molecule has 0 radical (unpaired) electrons. The van der Waals surface area contributed by atoms with E-state index in [1.165, 1.54) is 7.11 Å². The standard InChI is InChI=1S/C38H34N4O7/c1-48-33-17-26(6-7-29(33)21-43)37(46)41-15-14-25-16-30(10-8-28(25)20-41)39-36(45)24-4-2-23(3-5-24)19-42(31-11-12-31)38(47)27-9-13-32-34(18-27)49-22-35(44)40-32/h2-10,13,16-18,21,31H,11-12,14-15,19-20,22H2,1H3,(H,39,45)(H,40,44). The van der Waals surface area contributed by atoms with E-state index in [0.717, 1.165) is 29.5 Å². The van der Waals surface area contributed by atoms with Crippen LogP contribution in [0.5, 0.6) is 11.5 Å². The molecule has 1 fully saturated rings. The molecule has 2 N–H and O–H groups in total. The van der Waals surface area contributed by atoms with E-state index < -0.39 is 0 Å². The lowest BCUT2D eigenvalue weighted by Crippen LogP contribution is -2.36.